The van der Waals surface area contributed by atoms with Gasteiger partial charge in [-0.15, -0.1) is 0 Å². The van der Waals surface area contributed by atoms with Crippen molar-refractivity contribution in [3.05, 3.63) is 82.1 Å². The molecule has 0 unspecified atom stereocenters. The summed E-state index contributed by atoms with van der Waals surface area (Å²) in [7, 11) is 0. The van der Waals surface area contributed by atoms with E-state index in [1.54, 1.807) is 25.1 Å². The molecule has 134 valence electrons. The van der Waals surface area contributed by atoms with E-state index in [4.69, 9.17) is 4.99 Å². The molecule has 0 heterocycles. The first-order valence-electron chi connectivity index (χ1n) is 8.58. The second-order valence-corrected chi connectivity index (χ2v) is 6.97. The molecule has 0 aromatic heterocycles. The zero-order valence-corrected chi connectivity index (χ0v) is 15.1. The van der Waals surface area contributed by atoms with Crippen molar-refractivity contribution in [2.24, 2.45) is 4.99 Å². The van der Waals surface area contributed by atoms with Crippen LogP contribution < -0.4 is 0 Å². The van der Waals surface area contributed by atoms with Gasteiger partial charge in [0.25, 0.3) is 0 Å². The third-order valence-electron chi connectivity index (χ3n) is 5.15. The summed E-state index contributed by atoms with van der Waals surface area (Å²) in [4.78, 5) is 16.7. The van der Waals surface area contributed by atoms with Crippen LogP contribution in [0.3, 0.4) is 0 Å². The van der Waals surface area contributed by atoms with Crippen LogP contribution in [-0.2, 0) is 10.2 Å². The maximum absolute atomic E-state index is 14.0. The van der Waals surface area contributed by atoms with Gasteiger partial charge in [0.05, 0.1) is 5.41 Å². The van der Waals surface area contributed by atoms with Crippen molar-refractivity contribution in [2.45, 2.75) is 39.0 Å². The van der Waals surface area contributed by atoms with Crippen LogP contribution in [0.25, 0.3) is 0 Å². The number of benzene rings is 2. The Hall–Kier alpha value is -2.62. The third kappa shape index (κ3) is 3.24. The molecule has 26 heavy (non-hydrogen) atoms. The Balaban J connectivity index is 1.95. The normalized spacial score (nSPS) is 20.6. The Morgan fingerprint density at radius 1 is 1.08 bits per heavy atom. The molecule has 3 rings (SSSR count). The van der Waals surface area contributed by atoms with Crippen LogP contribution in [0.4, 0.5) is 8.78 Å². The first-order valence-corrected chi connectivity index (χ1v) is 8.58. The van der Waals surface area contributed by atoms with E-state index in [9.17, 15) is 13.6 Å². The van der Waals surface area contributed by atoms with Crippen LogP contribution in [0.5, 0.6) is 0 Å². The maximum atomic E-state index is 14.0. The molecule has 0 radical (unpaired) electrons. The number of hydrogen-bond acceptors (Lipinski definition) is 2. The lowest BCUT2D eigenvalue weighted by Gasteiger charge is -2.25. The molecular formula is C22H21F2NO. The highest BCUT2D eigenvalue weighted by molar-refractivity contribution is 5.99. The Morgan fingerprint density at radius 3 is 2.42 bits per heavy atom. The number of aliphatic imine (C=N–C) groups is 1. The fraction of sp³-hybridized carbons (Fsp3) is 0.273. The van der Waals surface area contributed by atoms with Gasteiger partial charge in [-0.05, 0) is 62.1 Å². The van der Waals surface area contributed by atoms with Crippen molar-refractivity contribution in [3.63, 3.8) is 0 Å². The molecule has 0 amide bonds. The summed E-state index contributed by atoms with van der Waals surface area (Å²) in [5, 5.41) is 0. The number of rotatable bonds is 4. The molecule has 2 aromatic rings. The van der Waals surface area contributed by atoms with Crippen molar-refractivity contribution in [1.82, 2.24) is 0 Å². The van der Waals surface area contributed by atoms with E-state index in [1.807, 2.05) is 19.9 Å². The molecule has 0 saturated heterocycles. The minimum absolute atomic E-state index is 0.292. The second-order valence-electron chi connectivity index (χ2n) is 6.97. The first-order chi connectivity index (χ1) is 12.4. The van der Waals surface area contributed by atoms with E-state index in [0.717, 1.165) is 34.4 Å². The van der Waals surface area contributed by atoms with Gasteiger partial charge in [0, 0.05) is 17.8 Å². The average molecular weight is 353 g/mol. The standard InChI is InChI=1S/C22H21F2NO/c1-14-11-22(13-26,19-5-4-6-20(24)15(19)2)12-21(14)25-16(3)17-7-9-18(23)10-8-17/h4-10,13H,11-12H2,1-3H3/b25-16+/t22-/m1/s1. The van der Waals surface area contributed by atoms with E-state index in [0.29, 0.717) is 18.4 Å². The monoisotopic (exact) mass is 353 g/mol. The number of allylic oxidation sites excluding steroid dienone is 2. The van der Waals surface area contributed by atoms with Gasteiger partial charge >= 0.3 is 0 Å². The summed E-state index contributed by atoms with van der Waals surface area (Å²) in [6.45, 7) is 5.52. The predicted octanol–water partition coefficient (Wildman–Crippen LogP) is 5.29. The van der Waals surface area contributed by atoms with Crippen molar-refractivity contribution < 1.29 is 13.6 Å². The molecule has 1 atom stereocenters. The fourth-order valence-electron chi connectivity index (χ4n) is 3.66. The molecule has 2 nitrogen and oxygen atoms in total. The van der Waals surface area contributed by atoms with Gasteiger partial charge in [0.1, 0.15) is 17.9 Å². The van der Waals surface area contributed by atoms with Crippen LogP contribution in [0.1, 0.15) is 43.4 Å². The fourth-order valence-corrected chi connectivity index (χ4v) is 3.66. The third-order valence-corrected chi connectivity index (χ3v) is 5.15. The van der Waals surface area contributed by atoms with Crippen LogP contribution in [0.2, 0.25) is 0 Å². The highest BCUT2D eigenvalue weighted by atomic mass is 19.1. The highest BCUT2D eigenvalue weighted by Gasteiger charge is 2.40. The van der Waals surface area contributed by atoms with Gasteiger partial charge in [-0.3, -0.25) is 4.99 Å². The van der Waals surface area contributed by atoms with Gasteiger partial charge in [-0.1, -0.05) is 29.8 Å². The lowest BCUT2D eigenvalue weighted by atomic mass is 9.76. The van der Waals surface area contributed by atoms with E-state index in [-0.39, 0.29) is 11.6 Å². The minimum Gasteiger partial charge on any atom is -0.302 e. The van der Waals surface area contributed by atoms with E-state index in [2.05, 4.69) is 0 Å². The number of hydrogen-bond donors (Lipinski definition) is 0. The van der Waals surface area contributed by atoms with Crippen LogP contribution in [0, 0.1) is 18.6 Å². The zero-order valence-electron chi connectivity index (χ0n) is 15.1. The Morgan fingerprint density at radius 2 is 1.77 bits per heavy atom. The molecule has 4 heteroatoms. The smallest absolute Gasteiger partial charge is 0.131 e. The molecule has 0 saturated carbocycles. The van der Waals surface area contributed by atoms with E-state index in [1.165, 1.54) is 18.2 Å². The van der Waals surface area contributed by atoms with Crippen molar-refractivity contribution >= 4 is 12.0 Å². The number of carbonyl (C=O) groups is 1. The molecule has 0 spiro atoms. The Labute approximate surface area is 152 Å². The minimum atomic E-state index is -0.780. The Kier molecular flexibility index (Phi) is 4.86. The summed E-state index contributed by atoms with van der Waals surface area (Å²) < 4.78 is 27.1. The molecule has 0 aliphatic heterocycles. The molecule has 0 N–H and O–H groups in total. The average Bonchev–Trinajstić information content (AvgIpc) is 2.94. The number of nitrogens with zero attached hydrogens (tertiary/aromatic N) is 1. The number of aldehydes is 1. The zero-order chi connectivity index (χ0) is 18.9. The molecule has 1 aliphatic carbocycles. The van der Waals surface area contributed by atoms with Crippen LogP contribution >= 0.6 is 0 Å². The van der Waals surface area contributed by atoms with Gasteiger partial charge in [0.15, 0.2) is 0 Å². The summed E-state index contributed by atoms with van der Waals surface area (Å²) >= 11 is 0. The number of carbonyl (C=O) groups excluding carboxylic acids is 1. The van der Waals surface area contributed by atoms with Crippen molar-refractivity contribution in [3.8, 4) is 0 Å². The SMILES string of the molecule is CC1=C(/N=C(\C)c2ccc(F)cc2)C[C@](C=O)(c2cccc(F)c2C)C1. The van der Waals surface area contributed by atoms with Crippen LogP contribution in [-0.4, -0.2) is 12.0 Å². The number of halogens is 2. The molecular weight excluding hydrogens is 332 g/mol. The quantitative estimate of drug-likeness (QED) is 0.543. The predicted molar refractivity (Wildman–Crippen MR) is 99.4 cm³/mol. The van der Waals surface area contributed by atoms with Gasteiger partial charge < -0.3 is 4.79 Å². The summed E-state index contributed by atoms with van der Waals surface area (Å²) in [5.74, 6) is -0.597. The molecule has 0 fully saturated rings. The van der Waals surface area contributed by atoms with E-state index >= 15 is 0 Å². The summed E-state index contributed by atoms with van der Waals surface area (Å²) in [5.41, 5.74) is 3.89. The van der Waals surface area contributed by atoms with Gasteiger partial charge in [-0.2, -0.15) is 0 Å². The lowest BCUT2D eigenvalue weighted by Crippen LogP contribution is -2.26. The second kappa shape index (κ2) is 6.94. The Bertz CT molecular complexity index is 912. The first kappa shape index (κ1) is 18.2. The topological polar surface area (TPSA) is 29.4 Å². The van der Waals surface area contributed by atoms with Crippen molar-refractivity contribution in [1.29, 1.82) is 0 Å². The van der Waals surface area contributed by atoms with Crippen molar-refractivity contribution in [2.75, 3.05) is 0 Å². The summed E-state index contributed by atoms with van der Waals surface area (Å²) in [6.07, 6.45) is 1.88. The van der Waals surface area contributed by atoms with Gasteiger partial charge in [0.2, 0.25) is 0 Å². The molecule has 2 aromatic carbocycles. The lowest BCUT2D eigenvalue weighted by molar-refractivity contribution is -0.112. The van der Waals surface area contributed by atoms with Gasteiger partial charge in [-0.25, -0.2) is 8.78 Å². The summed E-state index contributed by atoms with van der Waals surface area (Å²) in [6, 6.07) is 11.0. The maximum Gasteiger partial charge on any atom is 0.131 e. The van der Waals surface area contributed by atoms with Crippen LogP contribution in [0.15, 0.2) is 58.7 Å². The largest absolute Gasteiger partial charge is 0.302 e. The molecule has 1 aliphatic rings. The highest BCUT2D eigenvalue weighted by Crippen LogP contribution is 2.44. The molecule has 0 bridgehead atoms. The van der Waals surface area contributed by atoms with E-state index < -0.39 is 5.41 Å².